The largest absolute Gasteiger partial charge is 0.390 e. The first-order valence-electron chi connectivity index (χ1n) is 5.19. The number of nitrogens with one attached hydrogen (secondary N) is 1. The van der Waals surface area contributed by atoms with Crippen LogP contribution in [0.1, 0.15) is 27.7 Å². The summed E-state index contributed by atoms with van der Waals surface area (Å²) in [6.45, 7) is 10.4. The third kappa shape index (κ3) is 2.93. The predicted molar refractivity (Wildman–Crippen MR) is 54.8 cm³/mol. The second-order valence-electron chi connectivity index (χ2n) is 4.54. The average Bonchev–Trinajstić information content (AvgIpc) is 2.31. The Morgan fingerprint density at radius 1 is 1.23 bits per heavy atom. The molecule has 13 heavy (non-hydrogen) atoms. The molecule has 78 valence electrons. The number of rotatable bonds is 3. The van der Waals surface area contributed by atoms with Crippen LogP contribution in [0.4, 0.5) is 0 Å². The molecule has 1 rings (SSSR count). The Kier molecular flexibility index (Phi) is 3.71. The van der Waals surface area contributed by atoms with Gasteiger partial charge in [-0.1, -0.05) is 13.8 Å². The highest BCUT2D eigenvalue weighted by atomic mass is 16.3. The van der Waals surface area contributed by atoms with E-state index in [1.807, 2.05) is 0 Å². The minimum absolute atomic E-state index is 0.204. The van der Waals surface area contributed by atoms with Crippen molar-refractivity contribution >= 4 is 0 Å². The minimum atomic E-state index is -0.204. The molecule has 0 saturated carbocycles. The van der Waals surface area contributed by atoms with Crippen LogP contribution in [-0.2, 0) is 0 Å². The summed E-state index contributed by atoms with van der Waals surface area (Å²) >= 11 is 0. The molecule has 1 heterocycles. The van der Waals surface area contributed by atoms with E-state index >= 15 is 0 Å². The van der Waals surface area contributed by atoms with Gasteiger partial charge in [-0.3, -0.25) is 4.90 Å². The SMILES string of the molecule is CC(C)N[C@H]1CN(C(C)C)C[C@@H]1O. The van der Waals surface area contributed by atoms with Crippen LogP contribution < -0.4 is 5.32 Å². The van der Waals surface area contributed by atoms with E-state index in [0.29, 0.717) is 12.1 Å². The maximum atomic E-state index is 9.75. The molecule has 0 bridgehead atoms. The van der Waals surface area contributed by atoms with Crippen LogP contribution in [0.15, 0.2) is 0 Å². The van der Waals surface area contributed by atoms with Gasteiger partial charge in [-0.25, -0.2) is 0 Å². The van der Waals surface area contributed by atoms with Crippen molar-refractivity contribution < 1.29 is 5.11 Å². The smallest absolute Gasteiger partial charge is 0.0832 e. The molecule has 3 nitrogen and oxygen atoms in total. The van der Waals surface area contributed by atoms with Gasteiger partial charge in [0.1, 0.15) is 0 Å². The Bertz CT molecular complexity index is 159. The first-order valence-corrected chi connectivity index (χ1v) is 5.19. The van der Waals surface area contributed by atoms with Gasteiger partial charge in [0.25, 0.3) is 0 Å². The zero-order chi connectivity index (χ0) is 10.0. The Morgan fingerprint density at radius 2 is 1.85 bits per heavy atom. The second-order valence-corrected chi connectivity index (χ2v) is 4.54. The predicted octanol–water partition coefficient (Wildman–Crippen LogP) is 0.438. The molecule has 1 fully saturated rings. The maximum Gasteiger partial charge on any atom is 0.0832 e. The van der Waals surface area contributed by atoms with Crippen LogP contribution in [0.25, 0.3) is 0 Å². The lowest BCUT2D eigenvalue weighted by Crippen LogP contribution is -2.43. The molecule has 0 amide bonds. The molecule has 0 aromatic rings. The molecule has 1 saturated heterocycles. The molecule has 1 aliphatic heterocycles. The fourth-order valence-corrected chi connectivity index (χ4v) is 1.83. The Hall–Kier alpha value is -0.120. The second kappa shape index (κ2) is 4.40. The van der Waals surface area contributed by atoms with Gasteiger partial charge in [-0.15, -0.1) is 0 Å². The molecule has 0 spiro atoms. The Balaban J connectivity index is 2.42. The molecule has 2 N–H and O–H groups in total. The van der Waals surface area contributed by atoms with Crippen LogP contribution in [-0.4, -0.2) is 47.3 Å². The van der Waals surface area contributed by atoms with Crippen LogP contribution >= 0.6 is 0 Å². The number of hydrogen-bond donors (Lipinski definition) is 2. The molecule has 0 radical (unpaired) electrons. The van der Waals surface area contributed by atoms with Gasteiger partial charge < -0.3 is 10.4 Å². The first-order chi connectivity index (χ1) is 6.00. The standard InChI is InChI=1S/C10H22N2O/c1-7(2)11-9-5-12(8(3)4)6-10(9)13/h7-11,13H,5-6H2,1-4H3/t9-,10-/m0/s1. The van der Waals surface area contributed by atoms with Gasteiger partial charge in [0.2, 0.25) is 0 Å². The molecule has 0 aliphatic carbocycles. The molecular weight excluding hydrogens is 164 g/mol. The van der Waals surface area contributed by atoms with Gasteiger partial charge in [-0.2, -0.15) is 0 Å². The van der Waals surface area contributed by atoms with Crippen molar-refractivity contribution in [1.82, 2.24) is 10.2 Å². The third-order valence-electron chi connectivity index (χ3n) is 2.59. The maximum absolute atomic E-state index is 9.75. The van der Waals surface area contributed by atoms with Gasteiger partial charge in [-0.05, 0) is 13.8 Å². The summed E-state index contributed by atoms with van der Waals surface area (Å²) in [5.41, 5.74) is 0. The lowest BCUT2D eigenvalue weighted by Gasteiger charge is -2.21. The highest BCUT2D eigenvalue weighted by molar-refractivity contribution is 4.90. The number of nitrogens with zero attached hydrogens (tertiary/aromatic N) is 1. The molecular formula is C10H22N2O. The van der Waals surface area contributed by atoms with E-state index in [-0.39, 0.29) is 12.1 Å². The molecule has 0 aromatic carbocycles. The summed E-state index contributed by atoms with van der Waals surface area (Å²) in [6, 6.07) is 1.24. The fraction of sp³-hybridized carbons (Fsp3) is 1.00. The summed E-state index contributed by atoms with van der Waals surface area (Å²) in [5.74, 6) is 0. The van der Waals surface area contributed by atoms with Gasteiger partial charge in [0.15, 0.2) is 0 Å². The minimum Gasteiger partial charge on any atom is -0.390 e. The van der Waals surface area contributed by atoms with Crippen molar-refractivity contribution in [1.29, 1.82) is 0 Å². The lowest BCUT2D eigenvalue weighted by atomic mass is 10.2. The topological polar surface area (TPSA) is 35.5 Å². The van der Waals surface area contributed by atoms with E-state index in [9.17, 15) is 5.11 Å². The summed E-state index contributed by atoms with van der Waals surface area (Å²) in [6.07, 6.45) is -0.204. The van der Waals surface area contributed by atoms with Gasteiger partial charge in [0.05, 0.1) is 6.10 Å². The average molecular weight is 186 g/mol. The molecule has 2 atom stereocenters. The van der Waals surface area contributed by atoms with Crippen molar-refractivity contribution in [2.24, 2.45) is 0 Å². The van der Waals surface area contributed by atoms with Gasteiger partial charge >= 0.3 is 0 Å². The summed E-state index contributed by atoms with van der Waals surface area (Å²) in [4.78, 5) is 2.31. The normalized spacial score (nSPS) is 30.7. The van der Waals surface area contributed by atoms with E-state index in [4.69, 9.17) is 0 Å². The van der Waals surface area contributed by atoms with Crippen LogP contribution in [0.2, 0.25) is 0 Å². The molecule has 0 aromatic heterocycles. The zero-order valence-corrected chi connectivity index (χ0v) is 9.12. The summed E-state index contributed by atoms with van der Waals surface area (Å²) in [7, 11) is 0. The summed E-state index contributed by atoms with van der Waals surface area (Å²) in [5, 5.41) is 13.1. The van der Waals surface area contributed by atoms with Crippen LogP contribution in [0, 0.1) is 0 Å². The van der Waals surface area contributed by atoms with E-state index in [1.54, 1.807) is 0 Å². The lowest BCUT2D eigenvalue weighted by molar-refractivity contribution is 0.146. The number of hydrogen-bond acceptors (Lipinski definition) is 3. The van der Waals surface area contributed by atoms with Crippen LogP contribution in [0.3, 0.4) is 0 Å². The molecule has 1 aliphatic rings. The van der Waals surface area contributed by atoms with E-state index < -0.39 is 0 Å². The Morgan fingerprint density at radius 3 is 2.23 bits per heavy atom. The number of aliphatic hydroxyl groups is 1. The van der Waals surface area contributed by atoms with E-state index in [1.165, 1.54) is 0 Å². The van der Waals surface area contributed by atoms with Crippen molar-refractivity contribution in [3.8, 4) is 0 Å². The van der Waals surface area contributed by atoms with Crippen molar-refractivity contribution in [2.45, 2.75) is 51.9 Å². The Labute approximate surface area is 81.1 Å². The zero-order valence-electron chi connectivity index (χ0n) is 9.12. The number of aliphatic hydroxyl groups excluding tert-OH is 1. The molecule has 0 unspecified atom stereocenters. The van der Waals surface area contributed by atoms with Crippen LogP contribution in [0.5, 0.6) is 0 Å². The highest BCUT2D eigenvalue weighted by Gasteiger charge is 2.32. The quantitative estimate of drug-likeness (QED) is 0.671. The number of β-amino-alcohol motifs (C(OH)–C–C–N with tert-alkyl or cyclic N) is 1. The van der Waals surface area contributed by atoms with E-state index in [0.717, 1.165) is 13.1 Å². The number of likely N-dealkylation sites (tertiary alicyclic amines) is 1. The van der Waals surface area contributed by atoms with Crippen molar-refractivity contribution in [2.75, 3.05) is 13.1 Å². The van der Waals surface area contributed by atoms with E-state index in [2.05, 4.69) is 37.9 Å². The molecule has 3 heteroatoms. The van der Waals surface area contributed by atoms with Crippen molar-refractivity contribution in [3.63, 3.8) is 0 Å². The van der Waals surface area contributed by atoms with Crippen molar-refractivity contribution in [3.05, 3.63) is 0 Å². The monoisotopic (exact) mass is 186 g/mol. The first kappa shape index (κ1) is 11.0. The fourth-order valence-electron chi connectivity index (χ4n) is 1.83. The van der Waals surface area contributed by atoms with Gasteiger partial charge in [0, 0.05) is 31.2 Å². The third-order valence-corrected chi connectivity index (χ3v) is 2.59. The summed E-state index contributed by atoms with van der Waals surface area (Å²) < 4.78 is 0. The highest BCUT2D eigenvalue weighted by Crippen LogP contribution is 2.13.